The van der Waals surface area contributed by atoms with Gasteiger partial charge in [0.2, 0.25) is 10.0 Å². The van der Waals surface area contributed by atoms with Gasteiger partial charge in [-0.1, -0.05) is 6.92 Å². The van der Waals surface area contributed by atoms with E-state index < -0.39 is 10.0 Å². The number of nitrogens with zero attached hydrogens (tertiary/aromatic N) is 1. The van der Waals surface area contributed by atoms with Crippen LogP contribution < -0.4 is 5.32 Å². The summed E-state index contributed by atoms with van der Waals surface area (Å²) in [6, 6.07) is 0.679. The Hall–Kier alpha value is -0.170. The monoisotopic (exact) mass is 292 g/mol. The smallest absolute Gasteiger partial charge is 0.214 e. The minimum atomic E-state index is -3.17. The molecule has 0 aromatic rings. The van der Waals surface area contributed by atoms with Crippen LogP contribution in [0.3, 0.4) is 0 Å². The lowest BCUT2D eigenvalue weighted by molar-refractivity contribution is 0.167. The number of hydrogen-bond donors (Lipinski definition) is 1. The van der Waals surface area contributed by atoms with Crippen molar-refractivity contribution in [3.8, 4) is 0 Å². The van der Waals surface area contributed by atoms with Crippen LogP contribution in [0.4, 0.5) is 0 Å². The summed E-state index contributed by atoms with van der Waals surface area (Å²) in [5.74, 6) is 0.223. The fourth-order valence-electron chi connectivity index (χ4n) is 1.98. The summed E-state index contributed by atoms with van der Waals surface area (Å²) in [6.45, 7) is 5.65. The molecule has 0 spiro atoms. The first kappa shape index (κ1) is 16.9. The molecule has 19 heavy (non-hydrogen) atoms. The van der Waals surface area contributed by atoms with Crippen molar-refractivity contribution < 1.29 is 13.2 Å². The van der Waals surface area contributed by atoms with Gasteiger partial charge in [-0.05, 0) is 39.2 Å². The highest BCUT2D eigenvalue weighted by atomic mass is 32.2. The predicted octanol–water partition coefficient (Wildman–Crippen LogP) is 1.21. The fourth-order valence-corrected chi connectivity index (χ4v) is 3.78. The molecular weight excluding hydrogens is 264 g/mol. The van der Waals surface area contributed by atoms with Crippen molar-refractivity contribution in [2.24, 2.45) is 0 Å². The van der Waals surface area contributed by atoms with Gasteiger partial charge < -0.3 is 10.1 Å². The maximum atomic E-state index is 12.3. The Morgan fingerprint density at radius 1 is 1.42 bits per heavy atom. The topological polar surface area (TPSA) is 58.6 Å². The van der Waals surface area contributed by atoms with Crippen molar-refractivity contribution in [2.45, 2.75) is 51.6 Å². The van der Waals surface area contributed by atoms with Crippen LogP contribution in [0.15, 0.2) is 0 Å². The van der Waals surface area contributed by atoms with Crippen molar-refractivity contribution >= 4 is 10.0 Å². The van der Waals surface area contributed by atoms with Crippen molar-refractivity contribution in [3.05, 3.63) is 0 Å². The van der Waals surface area contributed by atoms with Gasteiger partial charge in [0.1, 0.15) is 0 Å². The molecule has 1 rings (SSSR count). The van der Waals surface area contributed by atoms with Crippen LogP contribution >= 0.6 is 0 Å². The Labute approximate surface area is 117 Å². The molecule has 1 fully saturated rings. The van der Waals surface area contributed by atoms with Crippen molar-refractivity contribution in [1.82, 2.24) is 9.62 Å². The van der Waals surface area contributed by atoms with E-state index in [-0.39, 0.29) is 11.8 Å². The summed E-state index contributed by atoms with van der Waals surface area (Å²) in [5, 5.41) is 3.35. The summed E-state index contributed by atoms with van der Waals surface area (Å²) < 4.78 is 31.3. The Balaban J connectivity index is 2.42. The number of ether oxygens (including phenoxy) is 1. The van der Waals surface area contributed by atoms with E-state index in [0.29, 0.717) is 25.6 Å². The Bertz CT molecular complexity index is 342. The summed E-state index contributed by atoms with van der Waals surface area (Å²) in [6.07, 6.45) is 3.97. The van der Waals surface area contributed by atoms with Crippen molar-refractivity contribution in [1.29, 1.82) is 0 Å². The summed E-state index contributed by atoms with van der Waals surface area (Å²) in [4.78, 5) is 0. The van der Waals surface area contributed by atoms with Crippen LogP contribution in [0.2, 0.25) is 0 Å². The molecule has 1 atom stereocenters. The van der Waals surface area contributed by atoms with Crippen LogP contribution in [0.1, 0.15) is 39.5 Å². The van der Waals surface area contributed by atoms with Gasteiger partial charge in [-0.15, -0.1) is 0 Å². The first-order valence-corrected chi connectivity index (χ1v) is 8.84. The van der Waals surface area contributed by atoms with E-state index >= 15 is 0 Å². The second-order valence-corrected chi connectivity index (χ2v) is 7.30. The SMILES string of the molecule is CCC(C)N(CCOC)S(=O)(=O)CCCNC1CC1. The van der Waals surface area contributed by atoms with Crippen molar-refractivity contribution in [3.63, 3.8) is 0 Å². The molecule has 5 nitrogen and oxygen atoms in total. The van der Waals surface area contributed by atoms with Crippen LogP contribution in [0.5, 0.6) is 0 Å². The standard InChI is InChI=1S/C13H28N2O3S/c1-4-12(2)15(9-10-18-3)19(16,17)11-5-8-14-13-6-7-13/h12-14H,4-11H2,1-3H3. The third-order valence-electron chi connectivity index (χ3n) is 3.54. The summed E-state index contributed by atoms with van der Waals surface area (Å²) in [7, 11) is -1.57. The number of sulfonamides is 1. The average molecular weight is 292 g/mol. The van der Waals surface area contributed by atoms with Gasteiger partial charge in [-0.25, -0.2) is 8.42 Å². The minimum absolute atomic E-state index is 0.0385. The third-order valence-corrected chi connectivity index (χ3v) is 5.61. The molecule has 1 aliphatic rings. The lowest BCUT2D eigenvalue weighted by atomic mass is 10.3. The second kappa shape index (κ2) is 8.19. The molecule has 6 heteroatoms. The molecule has 0 heterocycles. The normalized spacial score (nSPS) is 17.9. The average Bonchev–Trinajstić information content (AvgIpc) is 3.18. The molecular formula is C13H28N2O3S. The number of methoxy groups -OCH3 is 1. The Morgan fingerprint density at radius 2 is 2.11 bits per heavy atom. The molecule has 0 saturated heterocycles. The fraction of sp³-hybridized carbons (Fsp3) is 1.00. The first-order valence-electron chi connectivity index (χ1n) is 7.23. The second-order valence-electron chi connectivity index (χ2n) is 5.26. The molecule has 1 N–H and O–H groups in total. The van der Waals surface area contributed by atoms with E-state index in [4.69, 9.17) is 4.74 Å². The largest absolute Gasteiger partial charge is 0.383 e. The lowest BCUT2D eigenvalue weighted by Gasteiger charge is -2.27. The number of nitrogens with one attached hydrogen (secondary N) is 1. The van der Waals surface area contributed by atoms with E-state index in [0.717, 1.165) is 13.0 Å². The quantitative estimate of drug-likeness (QED) is 0.582. The maximum absolute atomic E-state index is 12.3. The number of rotatable bonds is 11. The Morgan fingerprint density at radius 3 is 2.63 bits per heavy atom. The van der Waals surface area contributed by atoms with E-state index in [1.807, 2.05) is 13.8 Å². The maximum Gasteiger partial charge on any atom is 0.214 e. The van der Waals surface area contributed by atoms with E-state index in [1.165, 1.54) is 12.8 Å². The van der Waals surface area contributed by atoms with Crippen LogP contribution in [0, 0.1) is 0 Å². The molecule has 1 aliphatic carbocycles. The van der Waals surface area contributed by atoms with Crippen LogP contribution in [-0.4, -0.2) is 57.4 Å². The minimum Gasteiger partial charge on any atom is -0.383 e. The zero-order valence-corrected chi connectivity index (χ0v) is 13.2. The molecule has 114 valence electrons. The zero-order valence-electron chi connectivity index (χ0n) is 12.4. The highest BCUT2D eigenvalue weighted by molar-refractivity contribution is 7.89. The van der Waals surface area contributed by atoms with Crippen LogP contribution in [-0.2, 0) is 14.8 Å². The van der Waals surface area contributed by atoms with Gasteiger partial charge in [-0.3, -0.25) is 0 Å². The van der Waals surface area contributed by atoms with E-state index in [2.05, 4.69) is 5.32 Å². The van der Waals surface area contributed by atoms with Gasteiger partial charge in [0, 0.05) is 25.7 Å². The molecule has 1 saturated carbocycles. The lowest BCUT2D eigenvalue weighted by Crippen LogP contribution is -2.42. The van der Waals surface area contributed by atoms with Gasteiger partial charge in [-0.2, -0.15) is 4.31 Å². The predicted molar refractivity (Wildman–Crippen MR) is 77.8 cm³/mol. The molecule has 0 aromatic heterocycles. The molecule has 1 unspecified atom stereocenters. The third kappa shape index (κ3) is 6.21. The van der Waals surface area contributed by atoms with E-state index in [1.54, 1.807) is 11.4 Å². The zero-order chi connectivity index (χ0) is 14.3. The van der Waals surface area contributed by atoms with Gasteiger partial charge >= 0.3 is 0 Å². The van der Waals surface area contributed by atoms with Gasteiger partial charge in [0.05, 0.1) is 12.4 Å². The molecule has 0 amide bonds. The van der Waals surface area contributed by atoms with Crippen LogP contribution in [0.25, 0.3) is 0 Å². The molecule has 0 aromatic carbocycles. The van der Waals surface area contributed by atoms with Crippen molar-refractivity contribution in [2.75, 3.05) is 32.6 Å². The van der Waals surface area contributed by atoms with E-state index in [9.17, 15) is 8.42 Å². The molecule has 0 bridgehead atoms. The van der Waals surface area contributed by atoms with Gasteiger partial charge in [0.15, 0.2) is 0 Å². The number of hydrogen-bond acceptors (Lipinski definition) is 4. The summed E-state index contributed by atoms with van der Waals surface area (Å²) in [5.41, 5.74) is 0. The highest BCUT2D eigenvalue weighted by Gasteiger charge is 2.26. The molecule has 0 radical (unpaired) electrons. The Kier molecular flexibility index (Phi) is 7.28. The van der Waals surface area contributed by atoms with Gasteiger partial charge in [0.25, 0.3) is 0 Å². The first-order chi connectivity index (χ1) is 9.01. The molecule has 0 aliphatic heterocycles. The summed E-state index contributed by atoms with van der Waals surface area (Å²) >= 11 is 0. The highest BCUT2D eigenvalue weighted by Crippen LogP contribution is 2.18.